The molecular weight excluding hydrogens is 364 g/mol. The van der Waals surface area contributed by atoms with E-state index in [9.17, 15) is 9.90 Å². The monoisotopic (exact) mass is 384 g/mol. The molecule has 9 heteroatoms. The smallest absolute Gasteiger partial charge is 0.326 e. The summed E-state index contributed by atoms with van der Waals surface area (Å²) < 4.78 is 1.69. The van der Waals surface area contributed by atoms with Gasteiger partial charge in [-0.15, -0.1) is 11.8 Å². The minimum Gasteiger partial charge on any atom is -0.493 e. The van der Waals surface area contributed by atoms with Crippen LogP contribution in [0.4, 0.5) is 0 Å². The number of hydrogen-bond donors (Lipinski definition) is 3. The van der Waals surface area contributed by atoms with Crippen molar-refractivity contribution < 1.29 is 5.11 Å². The minimum absolute atomic E-state index is 0.112. The van der Waals surface area contributed by atoms with Crippen LogP contribution in [0, 0.1) is 0 Å². The van der Waals surface area contributed by atoms with E-state index in [0.29, 0.717) is 10.9 Å². The van der Waals surface area contributed by atoms with Gasteiger partial charge < -0.3 is 10.1 Å². The third-order valence-electron chi connectivity index (χ3n) is 4.20. The van der Waals surface area contributed by atoms with Crippen molar-refractivity contribution in [2.45, 2.75) is 38.5 Å². The average Bonchev–Trinajstić information content (AvgIpc) is 3.27. The van der Waals surface area contributed by atoms with Crippen molar-refractivity contribution in [2.24, 2.45) is 4.99 Å². The van der Waals surface area contributed by atoms with E-state index in [-0.39, 0.29) is 22.9 Å². The number of nitrogens with one attached hydrogen (secondary N) is 2. The predicted molar refractivity (Wildman–Crippen MR) is 104 cm³/mol. The van der Waals surface area contributed by atoms with Gasteiger partial charge in [-0.2, -0.15) is 9.61 Å². The Hall–Kier alpha value is -2.81. The molecule has 0 fully saturated rings. The lowest BCUT2D eigenvalue weighted by atomic mass is 10.2. The van der Waals surface area contributed by atoms with Crippen LogP contribution in [0.2, 0.25) is 0 Å². The van der Waals surface area contributed by atoms with Crippen LogP contribution in [0.15, 0.2) is 33.0 Å². The van der Waals surface area contributed by atoms with Gasteiger partial charge in [0.15, 0.2) is 11.1 Å². The molecule has 1 aliphatic heterocycles. The van der Waals surface area contributed by atoms with Crippen molar-refractivity contribution in [2.75, 3.05) is 0 Å². The van der Waals surface area contributed by atoms with Crippen molar-refractivity contribution in [1.82, 2.24) is 24.6 Å². The van der Waals surface area contributed by atoms with E-state index in [1.54, 1.807) is 28.6 Å². The van der Waals surface area contributed by atoms with Gasteiger partial charge in [-0.3, -0.25) is 9.98 Å². The standard InChI is InChI=1S/C18H20N6O2S/c1-9(2)20-15-7-12(14-5-4-10(3)27-14)21-16-11(8-19-24(15)16)6-13-17(25)23-18(26)22-13/h4,6-9,14,25H,5H2,1-3H3,(H2,22,23,26). The van der Waals surface area contributed by atoms with E-state index >= 15 is 0 Å². The van der Waals surface area contributed by atoms with Gasteiger partial charge in [0.2, 0.25) is 5.88 Å². The normalized spacial score (nSPS) is 18.8. The molecule has 3 N–H and O–H groups in total. The summed E-state index contributed by atoms with van der Waals surface area (Å²) in [5, 5.41) is 15.2. The van der Waals surface area contributed by atoms with Gasteiger partial charge in [0, 0.05) is 17.3 Å². The first-order chi connectivity index (χ1) is 12.9. The zero-order valence-electron chi connectivity index (χ0n) is 15.2. The van der Waals surface area contributed by atoms with Crippen LogP contribution >= 0.6 is 11.8 Å². The second-order valence-electron chi connectivity index (χ2n) is 6.74. The Labute approximate surface area is 158 Å². The molecule has 4 rings (SSSR count). The Morgan fingerprint density at radius 2 is 2.26 bits per heavy atom. The quantitative estimate of drug-likeness (QED) is 0.632. The first-order valence-corrected chi connectivity index (χ1v) is 9.57. The number of nitrogens with zero attached hydrogens (tertiary/aromatic N) is 4. The molecule has 0 saturated carbocycles. The largest absolute Gasteiger partial charge is 0.493 e. The molecule has 3 aromatic rings. The Kier molecular flexibility index (Phi) is 4.39. The lowest BCUT2D eigenvalue weighted by Crippen LogP contribution is -2.21. The Bertz CT molecular complexity index is 1220. The summed E-state index contributed by atoms with van der Waals surface area (Å²) in [6.07, 6.45) is 6.45. The second-order valence-corrected chi connectivity index (χ2v) is 8.19. The highest BCUT2D eigenvalue weighted by molar-refractivity contribution is 8.03. The topological polar surface area (TPSA) is 111 Å². The summed E-state index contributed by atoms with van der Waals surface area (Å²) in [6, 6.07) is 2.10. The number of H-pyrrole nitrogens is 2. The van der Waals surface area contributed by atoms with E-state index in [0.717, 1.165) is 17.6 Å². The molecule has 0 spiro atoms. The number of hydrogen-bond acceptors (Lipinski definition) is 6. The zero-order valence-corrected chi connectivity index (χ0v) is 16.0. The van der Waals surface area contributed by atoms with E-state index < -0.39 is 5.69 Å². The Morgan fingerprint density at radius 3 is 2.89 bits per heavy atom. The average molecular weight is 384 g/mol. The summed E-state index contributed by atoms with van der Waals surface area (Å²) >= 11 is 1.80. The Morgan fingerprint density at radius 1 is 1.44 bits per heavy atom. The molecule has 140 valence electrons. The predicted octanol–water partition coefficient (Wildman–Crippen LogP) is 1.39. The molecule has 3 aromatic heterocycles. The van der Waals surface area contributed by atoms with Crippen LogP contribution in [-0.2, 0) is 0 Å². The molecule has 0 aliphatic carbocycles. The van der Waals surface area contributed by atoms with Crippen LogP contribution < -0.4 is 16.4 Å². The van der Waals surface area contributed by atoms with Crippen molar-refractivity contribution in [1.29, 1.82) is 0 Å². The van der Waals surface area contributed by atoms with Gasteiger partial charge >= 0.3 is 5.69 Å². The van der Waals surface area contributed by atoms with Crippen molar-refractivity contribution in [3.8, 4) is 5.88 Å². The summed E-state index contributed by atoms with van der Waals surface area (Å²) in [5.74, 6) is -0.214. The molecule has 4 heterocycles. The summed E-state index contributed by atoms with van der Waals surface area (Å²) in [7, 11) is 0. The van der Waals surface area contributed by atoms with Crippen LogP contribution in [0.25, 0.3) is 11.7 Å². The summed E-state index contributed by atoms with van der Waals surface area (Å²) in [5.41, 5.74) is 2.14. The molecule has 0 saturated heterocycles. The van der Waals surface area contributed by atoms with Gasteiger partial charge in [0.25, 0.3) is 0 Å². The lowest BCUT2D eigenvalue weighted by Gasteiger charge is -2.09. The van der Waals surface area contributed by atoms with Crippen LogP contribution in [0.5, 0.6) is 5.88 Å². The zero-order chi connectivity index (χ0) is 19.1. The van der Waals surface area contributed by atoms with Crippen molar-refractivity contribution >= 4 is 23.5 Å². The molecule has 1 unspecified atom stereocenters. The number of allylic oxidation sites excluding steroid dienone is 2. The van der Waals surface area contributed by atoms with Gasteiger partial charge in [-0.05, 0) is 38.2 Å². The van der Waals surface area contributed by atoms with Crippen LogP contribution in [0.3, 0.4) is 0 Å². The number of fused-ring (bicyclic) bond motifs is 1. The van der Waals surface area contributed by atoms with E-state index in [2.05, 4.69) is 33.1 Å². The maximum absolute atomic E-state index is 11.4. The summed E-state index contributed by atoms with van der Waals surface area (Å²) in [6.45, 7) is 6.13. The SMILES string of the molecule is CC1=CCC(c2cc(=NC(C)C)n3ncc(=Cc4[nH]c(=O)[nH]c4O)c3n2)S1. The number of aromatic nitrogens is 5. The number of aromatic amines is 2. The number of aromatic hydroxyl groups is 1. The molecule has 1 aliphatic rings. The first-order valence-electron chi connectivity index (χ1n) is 8.69. The highest BCUT2D eigenvalue weighted by Crippen LogP contribution is 2.42. The molecule has 0 amide bonds. The van der Waals surface area contributed by atoms with Crippen molar-refractivity contribution in [3.63, 3.8) is 0 Å². The highest BCUT2D eigenvalue weighted by Gasteiger charge is 2.20. The van der Waals surface area contributed by atoms with Gasteiger partial charge in [-0.1, -0.05) is 6.08 Å². The van der Waals surface area contributed by atoms with Crippen LogP contribution in [-0.4, -0.2) is 35.7 Å². The number of rotatable bonds is 3. The molecule has 0 radical (unpaired) electrons. The minimum atomic E-state index is -0.469. The maximum Gasteiger partial charge on any atom is 0.326 e. The Balaban J connectivity index is 1.95. The third kappa shape index (κ3) is 3.42. The van der Waals surface area contributed by atoms with Crippen molar-refractivity contribution in [3.05, 3.63) is 55.8 Å². The molecule has 0 bridgehead atoms. The van der Waals surface area contributed by atoms with E-state index in [1.807, 2.05) is 19.9 Å². The third-order valence-corrected chi connectivity index (χ3v) is 5.46. The van der Waals surface area contributed by atoms with Crippen LogP contribution in [0.1, 0.15) is 43.8 Å². The van der Waals surface area contributed by atoms with Gasteiger partial charge in [0.1, 0.15) is 5.69 Å². The van der Waals surface area contributed by atoms with Gasteiger partial charge in [-0.25, -0.2) is 9.78 Å². The maximum atomic E-state index is 11.4. The number of imidazole rings is 1. The first kappa shape index (κ1) is 17.6. The second kappa shape index (κ2) is 6.73. The summed E-state index contributed by atoms with van der Waals surface area (Å²) in [4.78, 5) is 27.0. The van der Waals surface area contributed by atoms with Gasteiger partial charge in [0.05, 0.1) is 17.1 Å². The molecule has 27 heavy (non-hydrogen) atoms. The molecule has 8 nitrogen and oxygen atoms in total. The fraction of sp³-hybridized carbons (Fsp3) is 0.333. The molecule has 0 aromatic carbocycles. The fourth-order valence-corrected chi connectivity index (χ4v) is 4.10. The molecular formula is C18H20N6O2S. The highest BCUT2D eigenvalue weighted by atomic mass is 32.2. The lowest BCUT2D eigenvalue weighted by molar-refractivity contribution is 0.454. The van der Waals surface area contributed by atoms with E-state index in [4.69, 9.17) is 4.98 Å². The molecule has 1 atom stereocenters. The fourth-order valence-electron chi connectivity index (χ4n) is 3.03. The van der Waals surface area contributed by atoms with E-state index in [1.165, 1.54) is 4.91 Å². The number of thioether (sulfide) groups is 1.